The number of rotatable bonds is 4. The van der Waals surface area contributed by atoms with Crippen LogP contribution in [-0.2, 0) is 21.4 Å². The fraction of sp³-hybridized carbons (Fsp3) is 0.357. The van der Waals surface area contributed by atoms with Crippen molar-refractivity contribution < 1.29 is 14.3 Å². The lowest BCUT2D eigenvalue weighted by atomic mass is 10.3. The molecule has 0 aliphatic heterocycles. The molecule has 0 aromatic carbocycles. The molecule has 24 heavy (non-hydrogen) atoms. The van der Waals surface area contributed by atoms with E-state index in [1.54, 1.807) is 13.4 Å². The Hall–Kier alpha value is -2.75. The number of amides is 1. The van der Waals surface area contributed by atoms with Gasteiger partial charge in [-0.15, -0.1) is 0 Å². The zero-order chi connectivity index (χ0) is 17.4. The third-order valence-electron chi connectivity index (χ3n) is 3.39. The average molecular weight is 348 g/mol. The molecule has 0 aliphatic carbocycles. The number of nitrogens with one attached hydrogen (secondary N) is 2. The van der Waals surface area contributed by atoms with Gasteiger partial charge in [0.15, 0.2) is 17.1 Å². The molecule has 0 radical (unpaired) electrons. The molecule has 0 saturated heterocycles. The van der Waals surface area contributed by atoms with E-state index in [4.69, 9.17) is 4.74 Å². The highest BCUT2D eigenvalue weighted by Crippen LogP contribution is 2.32. The van der Waals surface area contributed by atoms with Crippen molar-refractivity contribution in [3.63, 3.8) is 0 Å². The van der Waals surface area contributed by atoms with Gasteiger partial charge >= 0.3 is 5.97 Å². The van der Waals surface area contributed by atoms with Gasteiger partial charge in [-0.1, -0.05) is 11.3 Å². The predicted molar refractivity (Wildman–Crippen MR) is 91.1 cm³/mol. The largest absolute Gasteiger partial charge is 0.453 e. The minimum absolute atomic E-state index is 0.386. The second-order valence-electron chi connectivity index (χ2n) is 5.18. The van der Waals surface area contributed by atoms with Crippen molar-refractivity contribution in [2.75, 3.05) is 17.7 Å². The number of hydrogen-bond acceptors (Lipinski definition) is 8. The van der Waals surface area contributed by atoms with E-state index in [2.05, 4.69) is 25.6 Å². The molecule has 0 bridgehead atoms. The standard InChI is InChI=1S/C14H16N6O3S/c1-6(23-7(2)21)12(22)19-14-17-9-10-8(16-5-20(10)4)11(15-3)18-13(9)24-14/h5-6H,1-4H3,(H,15,18)(H,17,19,22)/t6-/m0/s1. The molecule has 0 fully saturated rings. The number of carbonyl (C=O) groups is 2. The number of thiazole rings is 1. The van der Waals surface area contributed by atoms with Crippen molar-refractivity contribution in [2.24, 2.45) is 7.05 Å². The number of esters is 1. The molecular weight excluding hydrogens is 332 g/mol. The third kappa shape index (κ3) is 2.75. The highest BCUT2D eigenvalue weighted by atomic mass is 32.1. The Bertz CT molecular complexity index is 947. The summed E-state index contributed by atoms with van der Waals surface area (Å²) in [4.78, 5) is 36.9. The smallest absolute Gasteiger partial charge is 0.303 e. The van der Waals surface area contributed by atoms with E-state index in [9.17, 15) is 9.59 Å². The highest BCUT2D eigenvalue weighted by molar-refractivity contribution is 7.22. The predicted octanol–water partition coefficient (Wildman–Crippen LogP) is 1.51. The van der Waals surface area contributed by atoms with Gasteiger partial charge < -0.3 is 14.6 Å². The fourth-order valence-electron chi connectivity index (χ4n) is 2.32. The number of fused-ring (bicyclic) bond motifs is 3. The van der Waals surface area contributed by atoms with Gasteiger partial charge in [0.05, 0.1) is 6.33 Å². The summed E-state index contributed by atoms with van der Waals surface area (Å²) in [5.74, 6) is -0.314. The molecule has 3 heterocycles. The number of anilines is 2. The zero-order valence-electron chi connectivity index (χ0n) is 13.6. The number of aryl methyl sites for hydroxylation is 1. The van der Waals surface area contributed by atoms with Crippen LogP contribution in [0.4, 0.5) is 10.9 Å². The summed E-state index contributed by atoms with van der Waals surface area (Å²) in [6, 6.07) is 0. The van der Waals surface area contributed by atoms with Crippen LogP contribution in [0.5, 0.6) is 0 Å². The molecule has 3 aromatic heterocycles. The molecule has 9 nitrogen and oxygen atoms in total. The lowest BCUT2D eigenvalue weighted by Gasteiger charge is -2.09. The van der Waals surface area contributed by atoms with Crippen LogP contribution in [0.1, 0.15) is 13.8 Å². The maximum atomic E-state index is 12.1. The van der Waals surface area contributed by atoms with E-state index in [0.717, 1.165) is 5.52 Å². The van der Waals surface area contributed by atoms with Crippen LogP contribution in [0.3, 0.4) is 0 Å². The van der Waals surface area contributed by atoms with Gasteiger partial charge in [-0.2, -0.15) is 0 Å². The van der Waals surface area contributed by atoms with E-state index in [0.29, 0.717) is 26.8 Å². The van der Waals surface area contributed by atoms with Gasteiger partial charge in [-0.05, 0) is 6.92 Å². The number of nitrogens with zero attached hydrogens (tertiary/aromatic N) is 4. The van der Waals surface area contributed by atoms with Gasteiger partial charge in [0.1, 0.15) is 21.4 Å². The van der Waals surface area contributed by atoms with Crippen LogP contribution in [0.25, 0.3) is 21.4 Å². The van der Waals surface area contributed by atoms with Gasteiger partial charge in [0.25, 0.3) is 5.91 Å². The maximum absolute atomic E-state index is 12.1. The average Bonchev–Trinajstić information content (AvgIpc) is 3.08. The first-order valence-corrected chi connectivity index (χ1v) is 7.99. The Labute approximate surface area is 141 Å². The number of carbonyl (C=O) groups excluding carboxylic acids is 2. The van der Waals surface area contributed by atoms with Crippen LogP contribution in [0, 0.1) is 0 Å². The molecule has 0 saturated carbocycles. The normalized spacial score (nSPS) is 12.3. The molecule has 126 valence electrons. The molecule has 3 aromatic rings. The van der Waals surface area contributed by atoms with Gasteiger partial charge in [-0.3, -0.25) is 14.9 Å². The van der Waals surface area contributed by atoms with Crippen molar-refractivity contribution in [3.05, 3.63) is 6.33 Å². The van der Waals surface area contributed by atoms with E-state index in [-0.39, 0.29) is 0 Å². The second kappa shape index (κ2) is 6.04. The summed E-state index contributed by atoms with van der Waals surface area (Å²) in [5, 5.41) is 6.05. The SMILES string of the molecule is CNc1nc2sc(NC(=O)[C@H](C)OC(C)=O)nc2c2c1ncn2C. The quantitative estimate of drug-likeness (QED) is 0.687. The van der Waals surface area contributed by atoms with Crippen molar-refractivity contribution in [1.82, 2.24) is 19.5 Å². The van der Waals surface area contributed by atoms with Crippen molar-refractivity contribution in [2.45, 2.75) is 20.0 Å². The molecule has 0 spiro atoms. The molecular formula is C14H16N6O3S. The molecule has 1 amide bonds. The second-order valence-corrected chi connectivity index (χ2v) is 6.15. The minimum Gasteiger partial charge on any atom is -0.453 e. The van der Waals surface area contributed by atoms with Crippen molar-refractivity contribution >= 4 is 55.5 Å². The Morgan fingerprint density at radius 3 is 2.75 bits per heavy atom. The first-order valence-electron chi connectivity index (χ1n) is 7.18. The lowest BCUT2D eigenvalue weighted by molar-refractivity contribution is -0.150. The first kappa shape index (κ1) is 16.1. The number of ether oxygens (including phenoxy) is 1. The van der Waals surface area contributed by atoms with Gasteiger partial charge in [0, 0.05) is 21.0 Å². The van der Waals surface area contributed by atoms with Crippen LogP contribution >= 0.6 is 11.3 Å². The number of pyridine rings is 1. The minimum atomic E-state index is -0.896. The summed E-state index contributed by atoms with van der Waals surface area (Å²) in [7, 11) is 3.64. The Morgan fingerprint density at radius 1 is 1.33 bits per heavy atom. The van der Waals surface area contributed by atoms with E-state index >= 15 is 0 Å². The molecule has 3 rings (SSSR count). The van der Waals surface area contributed by atoms with E-state index < -0.39 is 18.0 Å². The molecule has 0 aliphatic rings. The summed E-state index contributed by atoms with van der Waals surface area (Å²) in [5.41, 5.74) is 2.20. The Morgan fingerprint density at radius 2 is 2.08 bits per heavy atom. The molecule has 1 atom stereocenters. The molecule has 0 unspecified atom stereocenters. The Balaban J connectivity index is 1.99. The summed E-state index contributed by atoms with van der Waals surface area (Å²) in [6.45, 7) is 2.75. The monoisotopic (exact) mass is 348 g/mol. The number of imidazole rings is 1. The third-order valence-corrected chi connectivity index (χ3v) is 4.25. The number of hydrogen-bond donors (Lipinski definition) is 2. The van der Waals surface area contributed by atoms with E-state index in [1.165, 1.54) is 25.2 Å². The highest BCUT2D eigenvalue weighted by Gasteiger charge is 2.20. The van der Waals surface area contributed by atoms with Crippen LogP contribution in [0.2, 0.25) is 0 Å². The van der Waals surface area contributed by atoms with Crippen LogP contribution in [-0.4, -0.2) is 44.5 Å². The zero-order valence-corrected chi connectivity index (χ0v) is 14.4. The van der Waals surface area contributed by atoms with Gasteiger partial charge in [-0.25, -0.2) is 15.0 Å². The Kier molecular flexibility index (Phi) is 4.06. The summed E-state index contributed by atoms with van der Waals surface area (Å²) >= 11 is 1.24. The topological polar surface area (TPSA) is 111 Å². The van der Waals surface area contributed by atoms with Crippen LogP contribution in [0.15, 0.2) is 6.33 Å². The van der Waals surface area contributed by atoms with Crippen molar-refractivity contribution in [1.29, 1.82) is 0 Å². The molecule has 2 N–H and O–H groups in total. The first-order chi connectivity index (χ1) is 11.4. The lowest BCUT2D eigenvalue weighted by Crippen LogP contribution is -2.29. The van der Waals surface area contributed by atoms with Crippen LogP contribution < -0.4 is 10.6 Å². The summed E-state index contributed by atoms with van der Waals surface area (Å²) < 4.78 is 6.71. The maximum Gasteiger partial charge on any atom is 0.303 e. The van der Waals surface area contributed by atoms with E-state index in [1.807, 2.05) is 11.6 Å². The molecule has 10 heteroatoms. The fourth-order valence-corrected chi connectivity index (χ4v) is 3.16. The summed E-state index contributed by atoms with van der Waals surface area (Å²) in [6.07, 6.45) is 0.791. The van der Waals surface area contributed by atoms with Crippen molar-refractivity contribution in [3.8, 4) is 0 Å². The van der Waals surface area contributed by atoms with Gasteiger partial charge in [0.2, 0.25) is 0 Å². The number of aromatic nitrogens is 4.